The first-order valence-electron chi connectivity index (χ1n) is 6.97. The van der Waals surface area contributed by atoms with Gasteiger partial charge in [-0.2, -0.15) is 0 Å². The standard InChI is InChI=1S/C13H23N3O3/c1-9(10-4-7-19-8-10)15-12(17)13(11(14)16-18)5-2-3-6-13/h9-10,18H,2-8H2,1H3,(H2,14,16)(H,15,17). The molecule has 0 bridgehead atoms. The third-order valence-corrected chi connectivity index (χ3v) is 4.52. The molecule has 0 aromatic rings. The first-order chi connectivity index (χ1) is 9.10. The molecule has 0 aromatic heterocycles. The summed E-state index contributed by atoms with van der Waals surface area (Å²) in [4.78, 5) is 12.5. The molecule has 6 heteroatoms. The number of nitrogens with two attached hydrogens (primary N) is 1. The zero-order chi connectivity index (χ0) is 13.9. The van der Waals surface area contributed by atoms with Gasteiger partial charge in [0.05, 0.1) is 6.61 Å². The van der Waals surface area contributed by atoms with E-state index in [4.69, 9.17) is 15.7 Å². The summed E-state index contributed by atoms with van der Waals surface area (Å²) in [6.45, 7) is 3.44. The quantitative estimate of drug-likeness (QED) is 0.305. The molecule has 2 fully saturated rings. The van der Waals surface area contributed by atoms with Gasteiger partial charge in [0.1, 0.15) is 5.41 Å². The molecular formula is C13H23N3O3. The van der Waals surface area contributed by atoms with Crippen LogP contribution in [0.2, 0.25) is 0 Å². The molecule has 0 aromatic carbocycles. The summed E-state index contributed by atoms with van der Waals surface area (Å²) >= 11 is 0. The maximum Gasteiger partial charge on any atom is 0.234 e. The van der Waals surface area contributed by atoms with Crippen LogP contribution < -0.4 is 11.1 Å². The number of hydrogen-bond donors (Lipinski definition) is 3. The number of oxime groups is 1. The van der Waals surface area contributed by atoms with Crippen LogP contribution in [-0.2, 0) is 9.53 Å². The van der Waals surface area contributed by atoms with Gasteiger partial charge in [-0.1, -0.05) is 18.0 Å². The summed E-state index contributed by atoms with van der Waals surface area (Å²) in [5.41, 5.74) is 4.94. The smallest absolute Gasteiger partial charge is 0.234 e. The fourth-order valence-electron chi connectivity index (χ4n) is 3.08. The van der Waals surface area contributed by atoms with Crippen LogP contribution in [0, 0.1) is 11.3 Å². The number of amides is 1. The van der Waals surface area contributed by atoms with Gasteiger partial charge in [-0.05, 0) is 26.2 Å². The number of nitrogens with one attached hydrogen (secondary N) is 1. The zero-order valence-corrected chi connectivity index (χ0v) is 11.4. The van der Waals surface area contributed by atoms with Crippen molar-refractivity contribution in [3.05, 3.63) is 0 Å². The van der Waals surface area contributed by atoms with E-state index in [1.807, 2.05) is 6.92 Å². The molecule has 2 unspecified atom stereocenters. The Morgan fingerprint density at radius 3 is 2.74 bits per heavy atom. The van der Waals surface area contributed by atoms with Crippen molar-refractivity contribution in [3.63, 3.8) is 0 Å². The molecule has 1 amide bonds. The molecule has 6 nitrogen and oxygen atoms in total. The normalized spacial score (nSPS) is 28.3. The highest BCUT2D eigenvalue weighted by Gasteiger charge is 2.46. The SMILES string of the molecule is CC(NC(=O)C1(C(N)=NO)CCCC1)C1CCOC1. The second kappa shape index (κ2) is 5.77. The van der Waals surface area contributed by atoms with E-state index < -0.39 is 5.41 Å². The maximum atomic E-state index is 12.5. The van der Waals surface area contributed by atoms with Crippen LogP contribution in [0.25, 0.3) is 0 Å². The number of amidine groups is 1. The molecule has 1 aliphatic heterocycles. The minimum absolute atomic E-state index is 0.0392. The highest BCUT2D eigenvalue weighted by molar-refractivity contribution is 6.07. The predicted molar refractivity (Wildman–Crippen MR) is 70.8 cm³/mol. The van der Waals surface area contributed by atoms with Crippen LogP contribution in [0.3, 0.4) is 0 Å². The van der Waals surface area contributed by atoms with Crippen LogP contribution in [0.5, 0.6) is 0 Å². The van der Waals surface area contributed by atoms with Gasteiger partial charge in [0, 0.05) is 18.6 Å². The molecule has 108 valence electrons. The lowest BCUT2D eigenvalue weighted by Crippen LogP contribution is -2.51. The van der Waals surface area contributed by atoms with Crippen LogP contribution in [0.4, 0.5) is 0 Å². The Morgan fingerprint density at radius 2 is 2.21 bits per heavy atom. The summed E-state index contributed by atoms with van der Waals surface area (Å²) in [5.74, 6) is 0.284. The Kier molecular flexibility index (Phi) is 4.29. The summed E-state index contributed by atoms with van der Waals surface area (Å²) in [6.07, 6.45) is 4.15. The van der Waals surface area contributed by atoms with Gasteiger partial charge in [0.2, 0.25) is 5.91 Å². The third-order valence-electron chi connectivity index (χ3n) is 4.52. The highest BCUT2D eigenvalue weighted by Crippen LogP contribution is 2.38. The second-order valence-electron chi connectivity index (χ2n) is 5.66. The van der Waals surface area contributed by atoms with Crippen molar-refractivity contribution >= 4 is 11.7 Å². The summed E-state index contributed by atoms with van der Waals surface area (Å²) in [6, 6.07) is 0.0546. The number of carbonyl (C=O) groups excluding carboxylic acids is 1. The highest BCUT2D eigenvalue weighted by atomic mass is 16.5. The number of rotatable bonds is 4. The van der Waals surface area contributed by atoms with Gasteiger partial charge in [0.15, 0.2) is 5.84 Å². The van der Waals surface area contributed by atoms with E-state index in [0.29, 0.717) is 25.4 Å². The number of carbonyl (C=O) groups is 1. The Bertz CT molecular complexity index is 358. The number of hydrogen-bond acceptors (Lipinski definition) is 4. The molecule has 2 rings (SSSR count). The van der Waals surface area contributed by atoms with E-state index >= 15 is 0 Å². The van der Waals surface area contributed by atoms with Crippen molar-refractivity contribution in [1.29, 1.82) is 0 Å². The molecule has 1 saturated heterocycles. The first kappa shape index (κ1) is 14.1. The lowest BCUT2D eigenvalue weighted by atomic mass is 9.83. The van der Waals surface area contributed by atoms with Crippen molar-refractivity contribution in [1.82, 2.24) is 5.32 Å². The van der Waals surface area contributed by atoms with E-state index in [1.165, 1.54) is 0 Å². The van der Waals surface area contributed by atoms with Crippen molar-refractivity contribution in [2.24, 2.45) is 22.2 Å². The zero-order valence-electron chi connectivity index (χ0n) is 11.4. The first-order valence-corrected chi connectivity index (χ1v) is 6.97. The summed E-state index contributed by atoms with van der Waals surface area (Å²) in [5, 5.41) is 15.0. The molecule has 0 spiro atoms. The number of ether oxygens (including phenoxy) is 1. The van der Waals surface area contributed by atoms with Gasteiger partial charge < -0.3 is 21.0 Å². The predicted octanol–water partition coefficient (Wildman–Crippen LogP) is 0.834. The van der Waals surface area contributed by atoms with E-state index in [-0.39, 0.29) is 17.8 Å². The van der Waals surface area contributed by atoms with Crippen molar-refractivity contribution < 1.29 is 14.7 Å². The molecule has 2 aliphatic rings. The summed E-state index contributed by atoms with van der Waals surface area (Å²) < 4.78 is 5.34. The minimum atomic E-state index is -0.817. The van der Waals surface area contributed by atoms with Gasteiger partial charge in [0.25, 0.3) is 0 Å². The average molecular weight is 269 g/mol. The molecule has 19 heavy (non-hydrogen) atoms. The van der Waals surface area contributed by atoms with Gasteiger partial charge in [-0.15, -0.1) is 0 Å². The van der Waals surface area contributed by atoms with Crippen molar-refractivity contribution in [2.45, 2.75) is 45.1 Å². The Labute approximate surface area is 113 Å². The Morgan fingerprint density at radius 1 is 1.53 bits per heavy atom. The maximum absolute atomic E-state index is 12.5. The molecule has 0 radical (unpaired) electrons. The Hall–Kier alpha value is -1.30. The molecular weight excluding hydrogens is 246 g/mol. The lowest BCUT2D eigenvalue weighted by Gasteiger charge is -2.29. The fourth-order valence-corrected chi connectivity index (χ4v) is 3.08. The van der Waals surface area contributed by atoms with E-state index in [9.17, 15) is 4.79 Å². The van der Waals surface area contributed by atoms with E-state index in [1.54, 1.807) is 0 Å². The van der Waals surface area contributed by atoms with Crippen LogP contribution in [0.1, 0.15) is 39.0 Å². The van der Waals surface area contributed by atoms with Crippen molar-refractivity contribution in [3.8, 4) is 0 Å². The lowest BCUT2D eigenvalue weighted by molar-refractivity contribution is -0.128. The van der Waals surface area contributed by atoms with E-state index in [2.05, 4.69) is 10.5 Å². The fraction of sp³-hybridized carbons (Fsp3) is 0.846. The van der Waals surface area contributed by atoms with Gasteiger partial charge >= 0.3 is 0 Å². The summed E-state index contributed by atoms with van der Waals surface area (Å²) in [7, 11) is 0. The number of nitrogens with zero attached hydrogens (tertiary/aromatic N) is 1. The van der Waals surface area contributed by atoms with Gasteiger partial charge in [-0.3, -0.25) is 4.79 Å². The Balaban J connectivity index is 2.04. The van der Waals surface area contributed by atoms with Crippen LogP contribution in [-0.4, -0.2) is 36.2 Å². The monoisotopic (exact) mass is 269 g/mol. The van der Waals surface area contributed by atoms with Crippen LogP contribution >= 0.6 is 0 Å². The topological polar surface area (TPSA) is 96.9 Å². The van der Waals surface area contributed by atoms with Crippen molar-refractivity contribution in [2.75, 3.05) is 13.2 Å². The minimum Gasteiger partial charge on any atom is -0.409 e. The molecule has 4 N–H and O–H groups in total. The van der Waals surface area contributed by atoms with Crippen LogP contribution in [0.15, 0.2) is 5.16 Å². The van der Waals surface area contributed by atoms with E-state index in [0.717, 1.165) is 25.9 Å². The molecule has 1 saturated carbocycles. The molecule has 2 atom stereocenters. The largest absolute Gasteiger partial charge is 0.409 e. The second-order valence-corrected chi connectivity index (χ2v) is 5.66. The average Bonchev–Trinajstić information content (AvgIpc) is 3.09. The van der Waals surface area contributed by atoms with Gasteiger partial charge in [-0.25, -0.2) is 0 Å². The third kappa shape index (κ3) is 2.68. The molecule has 1 heterocycles. The molecule has 1 aliphatic carbocycles.